The van der Waals surface area contributed by atoms with Crippen LogP contribution in [0.5, 0.6) is 0 Å². The van der Waals surface area contributed by atoms with Crippen molar-refractivity contribution in [1.29, 1.82) is 0 Å². The third-order valence-corrected chi connectivity index (χ3v) is 2.32. The Hall–Kier alpha value is -2.48. The van der Waals surface area contributed by atoms with Gasteiger partial charge in [-0.05, 0) is 18.6 Å². The van der Waals surface area contributed by atoms with E-state index in [1.807, 2.05) is 0 Å². The first-order valence-electron chi connectivity index (χ1n) is 5.87. The molecule has 0 bridgehead atoms. The van der Waals surface area contributed by atoms with Crippen molar-refractivity contribution in [3.8, 4) is 11.8 Å². The fraction of sp³-hybridized carbons (Fsp3) is 0.286. The van der Waals surface area contributed by atoms with E-state index in [1.165, 1.54) is 0 Å². The average Bonchev–Trinajstić information content (AvgIpc) is 2.36. The second kappa shape index (κ2) is 7.77. The highest BCUT2D eigenvalue weighted by molar-refractivity contribution is 5.90. The highest BCUT2D eigenvalue weighted by atomic mass is 16.4. The molecule has 0 saturated heterocycles. The van der Waals surface area contributed by atoms with Crippen LogP contribution in [-0.2, 0) is 11.2 Å². The van der Waals surface area contributed by atoms with E-state index in [0.717, 1.165) is 0 Å². The Morgan fingerprint density at radius 1 is 1.32 bits per heavy atom. The molecule has 1 aromatic carbocycles. The summed E-state index contributed by atoms with van der Waals surface area (Å²) in [6.07, 6.45) is 0.457. The van der Waals surface area contributed by atoms with Gasteiger partial charge in [0, 0.05) is 18.7 Å². The Morgan fingerprint density at radius 3 is 2.74 bits per heavy atom. The second-order valence-electron chi connectivity index (χ2n) is 3.79. The van der Waals surface area contributed by atoms with Crippen molar-refractivity contribution in [3.63, 3.8) is 0 Å². The molecule has 0 aliphatic rings. The molecule has 0 spiro atoms. The fourth-order valence-electron chi connectivity index (χ4n) is 1.49. The summed E-state index contributed by atoms with van der Waals surface area (Å²) in [6, 6.07) is 6.45. The van der Waals surface area contributed by atoms with Crippen molar-refractivity contribution in [2.75, 3.05) is 11.9 Å². The van der Waals surface area contributed by atoms with Crippen LogP contribution in [0.25, 0.3) is 0 Å². The maximum Gasteiger partial charge on any atom is 0.319 e. The molecule has 0 atom stereocenters. The van der Waals surface area contributed by atoms with Gasteiger partial charge in [0.15, 0.2) is 0 Å². The van der Waals surface area contributed by atoms with E-state index in [4.69, 9.17) is 5.11 Å². The number of carbonyl (C=O) groups is 2. The Labute approximate surface area is 112 Å². The summed E-state index contributed by atoms with van der Waals surface area (Å²) in [6.45, 7) is 2.19. The van der Waals surface area contributed by atoms with Crippen molar-refractivity contribution in [2.45, 2.75) is 19.8 Å². The van der Waals surface area contributed by atoms with Gasteiger partial charge < -0.3 is 15.7 Å². The highest BCUT2D eigenvalue weighted by Gasteiger charge is 2.08. The van der Waals surface area contributed by atoms with Crippen LogP contribution in [0.15, 0.2) is 24.3 Å². The van der Waals surface area contributed by atoms with Gasteiger partial charge in [-0.25, -0.2) is 4.79 Å². The molecule has 2 amide bonds. The van der Waals surface area contributed by atoms with Crippen molar-refractivity contribution in [3.05, 3.63) is 29.8 Å². The number of carbonyl (C=O) groups excluding carboxylic acids is 1. The zero-order valence-electron chi connectivity index (χ0n) is 10.7. The van der Waals surface area contributed by atoms with Crippen LogP contribution in [0.2, 0.25) is 0 Å². The van der Waals surface area contributed by atoms with Crippen LogP contribution in [0, 0.1) is 11.8 Å². The smallest absolute Gasteiger partial charge is 0.319 e. The molecule has 0 aliphatic heterocycles. The largest absolute Gasteiger partial charge is 0.481 e. The van der Waals surface area contributed by atoms with Gasteiger partial charge in [0.2, 0.25) is 0 Å². The van der Waals surface area contributed by atoms with E-state index in [1.54, 1.807) is 31.2 Å². The molecule has 5 nitrogen and oxygen atoms in total. The van der Waals surface area contributed by atoms with Crippen LogP contribution in [-0.4, -0.2) is 23.7 Å². The lowest BCUT2D eigenvalue weighted by atomic mass is 10.1. The Kier molecular flexibility index (Phi) is 5.96. The highest BCUT2D eigenvalue weighted by Crippen LogP contribution is 2.15. The summed E-state index contributed by atoms with van der Waals surface area (Å²) in [4.78, 5) is 22.3. The van der Waals surface area contributed by atoms with E-state index in [9.17, 15) is 9.59 Å². The first-order chi connectivity index (χ1) is 9.13. The predicted molar refractivity (Wildman–Crippen MR) is 72.9 cm³/mol. The maximum absolute atomic E-state index is 11.6. The summed E-state index contributed by atoms with van der Waals surface area (Å²) in [7, 11) is 0. The number of amides is 2. The summed E-state index contributed by atoms with van der Waals surface area (Å²) in [5.74, 6) is 4.63. The number of hydrogen-bond acceptors (Lipinski definition) is 2. The van der Waals surface area contributed by atoms with Gasteiger partial charge >= 0.3 is 12.0 Å². The number of nitrogens with one attached hydrogen (secondary N) is 2. The van der Waals surface area contributed by atoms with Crippen molar-refractivity contribution in [2.24, 2.45) is 0 Å². The maximum atomic E-state index is 11.6. The van der Waals surface area contributed by atoms with Gasteiger partial charge in [0.25, 0.3) is 0 Å². The Bertz CT molecular complexity index is 515. The van der Waals surface area contributed by atoms with Gasteiger partial charge in [-0.2, -0.15) is 0 Å². The molecule has 0 heterocycles. The molecule has 3 N–H and O–H groups in total. The minimum Gasteiger partial charge on any atom is -0.481 e. The Morgan fingerprint density at radius 2 is 2.05 bits per heavy atom. The van der Waals surface area contributed by atoms with Gasteiger partial charge in [0.1, 0.15) is 0 Å². The van der Waals surface area contributed by atoms with Crippen molar-refractivity contribution < 1.29 is 14.7 Å². The molecular formula is C14H16N2O3. The van der Waals surface area contributed by atoms with E-state index < -0.39 is 5.97 Å². The minimum atomic E-state index is -0.937. The number of rotatable bonds is 5. The van der Waals surface area contributed by atoms with E-state index >= 15 is 0 Å². The number of benzene rings is 1. The lowest BCUT2D eigenvalue weighted by molar-refractivity contribution is -0.136. The molecule has 0 fully saturated rings. The van der Waals surface area contributed by atoms with Gasteiger partial charge in [0.05, 0.1) is 6.42 Å². The number of anilines is 1. The topological polar surface area (TPSA) is 78.4 Å². The number of para-hydroxylation sites is 1. The van der Waals surface area contributed by atoms with Crippen LogP contribution in [0.1, 0.15) is 18.9 Å². The third kappa shape index (κ3) is 5.59. The third-order valence-electron chi connectivity index (χ3n) is 2.32. The molecule has 0 aromatic heterocycles. The fourth-order valence-corrected chi connectivity index (χ4v) is 1.49. The second-order valence-corrected chi connectivity index (χ2v) is 3.79. The van der Waals surface area contributed by atoms with E-state index in [2.05, 4.69) is 22.5 Å². The summed E-state index contributed by atoms with van der Waals surface area (Å²) < 4.78 is 0. The number of aliphatic carboxylic acids is 1. The molecule has 5 heteroatoms. The van der Waals surface area contributed by atoms with Crippen LogP contribution in [0.3, 0.4) is 0 Å². The van der Waals surface area contributed by atoms with Gasteiger partial charge in [-0.1, -0.05) is 18.2 Å². The van der Waals surface area contributed by atoms with Crippen molar-refractivity contribution >= 4 is 17.7 Å². The SMILES string of the molecule is CC#CCCNC(=O)Nc1ccccc1CC(=O)O. The first kappa shape index (κ1) is 14.6. The van der Waals surface area contributed by atoms with Crippen LogP contribution in [0.4, 0.5) is 10.5 Å². The molecule has 0 unspecified atom stereocenters. The number of urea groups is 1. The molecular weight excluding hydrogens is 244 g/mol. The van der Waals surface area contributed by atoms with Crippen LogP contribution >= 0.6 is 0 Å². The zero-order valence-corrected chi connectivity index (χ0v) is 10.7. The average molecular weight is 260 g/mol. The van der Waals surface area contributed by atoms with Crippen molar-refractivity contribution in [1.82, 2.24) is 5.32 Å². The van der Waals surface area contributed by atoms with Gasteiger partial charge in [-0.3, -0.25) is 4.79 Å². The number of hydrogen-bond donors (Lipinski definition) is 3. The Balaban J connectivity index is 2.57. The van der Waals surface area contributed by atoms with Crippen LogP contribution < -0.4 is 10.6 Å². The summed E-state index contributed by atoms with van der Waals surface area (Å²) >= 11 is 0. The standard InChI is InChI=1S/C14H16N2O3/c1-2-3-6-9-15-14(19)16-12-8-5-4-7-11(12)10-13(17)18/h4-5,7-8H,6,9-10H2,1H3,(H,17,18)(H2,15,16,19). The number of carboxylic acids is 1. The molecule has 1 aromatic rings. The monoisotopic (exact) mass is 260 g/mol. The minimum absolute atomic E-state index is 0.127. The normalized spacial score (nSPS) is 9.11. The van der Waals surface area contributed by atoms with E-state index in [0.29, 0.717) is 24.2 Å². The lowest BCUT2D eigenvalue weighted by Gasteiger charge is -2.10. The molecule has 19 heavy (non-hydrogen) atoms. The summed E-state index contributed by atoms with van der Waals surface area (Å²) in [5.41, 5.74) is 1.07. The molecule has 1 rings (SSSR count). The molecule has 100 valence electrons. The molecule has 0 aliphatic carbocycles. The van der Waals surface area contributed by atoms with E-state index in [-0.39, 0.29) is 12.5 Å². The number of carboxylic acid groups (broad SMARTS) is 1. The quantitative estimate of drug-likeness (QED) is 0.558. The summed E-state index contributed by atoms with van der Waals surface area (Å²) in [5, 5.41) is 14.1. The molecule has 0 radical (unpaired) electrons. The van der Waals surface area contributed by atoms with Gasteiger partial charge in [-0.15, -0.1) is 11.8 Å². The first-order valence-corrected chi connectivity index (χ1v) is 5.87. The molecule has 0 saturated carbocycles. The lowest BCUT2D eigenvalue weighted by Crippen LogP contribution is -2.29. The predicted octanol–water partition coefficient (Wildman–Crippen LogP) is 1.85. The zero-order chi connectivity index (χ0) is 14.1.